The minimum atomic E-state index is -0.203. The molecular weight excluding hydrogens is 344 g/mol. The fourth-order valence-corrected chi connectivity index (χ4v) is 2.59. The largest absolute Gasteiger partial charge is 0.459 e. The summed E-state index contributed by atoms with van der Waals surface area (Å²) in [5, 5.41) is 13.9. The zero-order chi connectivity index (χ0) is 18.6. The molecule has 2 heterocycles. The van der Waals surface area contributed by atoms with E-state index in [1.807, 2.05) is 31.3 Å². The van der Waals surface area contributed by atoms with Gasteiger partial charge in [-0.25, -0.2) is 0 Å². The predicted molar refractivity (Wildman–Crippen MR) is 101 cm³/mol. The lowest BCUT2D eigenvalue weighted by Crippen LogP contribution is -2.12. The fourth-order valence-electron chi connectivity index (χ4n) is 2.59. The van der Waals surface area contributed by atoms with Crippen molar-refractivity contribution in [2.45, 2.75) is 0 Å². The Bertz CT molecular complexity index is 1070. The van der Waals surface area contributed by atoms with E-state index in [2.05, 4.69) is 20.8 Å². The molecule has 0 saturated heterocycles. The molecule has 0 saturated carbocycles. The Labute approximate surface area is 155 Å². The van der Waals surface area contributed by atoms with Crippen LogP contribution in [0, 0.1) is 0 Å². The standard InChI is InChI=1S/C20H16N4O3/c1-21-15-7-2-5-13(11-15)18(25)22-16-8-3-6-14(12-16)19-23-24-20(27-19)17-9-4-10-26-17/h2-12,21H,1H3,(H,22,25). The second-order valence-electron chi connectivity index (χ2n) is 5.76. The minimum absolute atomic E-state index is 0.203. The maximum Gasteiger partial charge on any atom is 0.283 e. The summed E-state index contributed by atoms with van der Waals surface area (Å²) in [6, 6.07) is 18.0. The monoisotopic (exact) mass is 360 g/mol. The van der Waals surface area contributed by atoms with Gasteiger partial charge in [0, 0.05) is 29.5 Å². The smallest absolute Gasteiger partial charge is 0.283 e. The molecule has 4 rings (SSSR count). The highest BCUT2D eigenvalue weighted by Gasteiger charge is 2.13. The molecule has 0 atom stereocenters. The number of anilines is 2. The summed E-state index contributed by atoms with van der Waals surface area (Å²) in [6.07, 6.45) is 1.54. The van der Waals surface area contributed by atoms with Crippen LogP contribution in [0.1, 0.15) is 10.4 Å². The van der Waals surface area contributed by atoms with Gasteiger partial charge in [0.05, 0.1) is 6.26 Å². The summed E-state index contributed by atoms with van der Waals surface area (Å²) in [7, 11) is 1.81. The summed E-state index contributed by atoms with van der Waals surface area (Å²) >= 11 is 0. The Kier molecular flexibility index (Phi) is 4.40. The molecule has 7 heteroatoms. The van der Waals surface area contributed by atoms with Crippen molar-refractivity contribution < 1.29 is 13.6 Å². The van der Waals surface area contributed by atoms with Crippen molar-refractivity contribution in [1.29, 1.82) is 0 Å². The first-order valence-corrected chi connectivity index (χ1v) is 8.30. The van der Waals surface area contributed by atoms with Gasteiger partial charge in [-0.05, 0) is 48.5 Å². The number of amides is 1. The number of furan rings is 1. The number of carbonyl (C=O) groups excluding carboxylic acids is 1. The van der Waals surface area contributed by atoms with Crippen molar-refractivity contribution in [1.82, 2.24) is 10.2 Å². The number of rotatable bonds is 5. The number of carbonyl (C=O) groups is 1. The van der Waals surface area contributed by atoms with Gasteiger partial charge in [0.2, 0.25) is 5.89 Å². The molecule has 0 radical (unpaired) electrons. The first kappa shape index (κ1) is 16.6. The van der Waals surface area contributed by atoms with Crippen LogP contribution in [0.25, 0.3) is 23.1 Å². The highest BCUT2D eigenvalue weighted by Crippen LogP contribution is 2.26. The Balaban J connectivity index is 1.55. The van der Waals surface area contributed by atoms with Gasteiger partial charge in [0.25, 0.3) is 11.8 Å². The summed E-state index contributed by atoms with van der Waals surface area (Å²) in [4.78, 5) is 12.5. The molecule has 0 aliphatic rings. The van der Waals surface area contributed by atoms with Gasteiger partial charge in [-0.1, -0.05) is 12.1 Å². The molecule has 4 aromatic rings. The molecule has 2 N–H and O–H groups in total. The highest BCUT2D eigenvalue weighted by molar-refractivity contribution is 6.05. The molecule has 0 aliphatic heterocycles. The third kappa shape index (κ3) is 3.57. The van der Waals surface area contributed by atoms with Gasteiger partial charge in [0.1, 0.15) is 0 Å². The maximum absolute atomic E-state index is 12.5. The quantitative estimate of drug-likeness (QED) is 0.551. The van der Waals surface area contributed by atoms with Crippen molar-refractivity contribution in [2.24, 2.45) is 0 Å². The van der Waals surface area contributed by atoms with Crippen LogP contribution >= 0.6 is 0 Å². The molecule has 0 unspecified atom stereocenters. The van der Waals surface area contributed by atoms with Crippen LogP contribution < -0.4 is 10.6 Å². The number of hydrogen-bond donors (Lipinski definition) is 2. The van der Waals surface area contributed by atoms with Crippen molar-refractivity contribution >= 4 is 17.3 Å². The third-order valence-electron chi connectivity index (χ3n) is 3.94. The molecule has 1 amide bonds. The lowest BCUT2D eigenvalue weighted by Gasteiger charge is -2.07. The number of hydrogen-bond acceptors (Lipinski definition) is 6. The minimum Gasteiger partial charge on any atom is -0.459 e. The Morgan fingerprint density at radius 2 is 1.74 bits per heavy atom. The van der Waals surface area contributed by atoms with Gasteiger partial charge >= 0.3 is 0 Å². The van der Waals surface area contributed by atoms with E-state index < -0.39 is 0 Å². The second-order valence-corrected chi connectivity index (χ2v) is 5.76. The number of nitrogens with one attached hydrogen (secondary N) is 2. The van der Waals surface area contributed by atoms with Crippen LogP contribution in [0.5, 0.6) is 0 Å². The zero-order valence-electron chi connectivity index (χ0n) is 14.5. The van der Waals surface area contributed by atoms with E-state index in [1.165, 1.54) is 0 Å². The molecule has 0 spiro atoms. The normalized spacial score (nSPS) is 10.6. The van der Waals surface area contributed by atoms with Crippen molar-refractivity contribution in [3.8, 4) is 23.1 Å². The molecule has 27 heavy (non-hydrogen) atoms. The van der Waals surface area contributed by atoms with Crippen molar-refractivity contribution in [3.63, 3.8) is 0 Å². The molecule has 0 fully saturated rings. The average Bonchev–Trinajstić information content (AvgIpc) is 3.40. The SMILES string of the molecule is CNc1cccc(C(=O)Nc2cccc(-c3nnc(-c4ccco4)o3)c2)c1. The topological polar surface area (TPSA) is 93.2 Å². The summed E-state index contributed by atoms with van der Waals surface area (Å²) in [6.45, 7) is 0. The van der Waals surface area contributed by atoms with Gasteiger partial charge in [-0.15, -0.1) is 10.2 Å². The Morgan fingerprint density at radius 3 is 2.56 bits per heavy atom. The average molecular weight is 360 g/mol. The predicted octanol–water partition coefficient (Wildman–Crippen LogP) is 4.29. The first-order valence-electron chi connectivity index (χ1n) is 8.30. The van der Waals surface area contributed by atoms with E-state index in [1.54, 1.807) is 42.7 Å². The molecule has 7 nitrogen and oxygen atoms in total. The molecule has 2 aromatic heterocycles. The van der Waals surface area contributed by atoms with E-state index in [9.17, 15) is 4.79 Å². The zero-order valence-corrected chi connectivity index (χ0v) is 14.5. The Hall–Kier alpha value is -3.87. The van der Waals surface area contributed by atoms with Gasteiger partial charge in [-0.3, -0.25) is 4.79 Å². The summed E-state index contributed by atoms with van der Waals surface area (Å²) in [5.74, 6) is 0.941. The van der Waals surface area contributed by atoms with Crippen LogP contribution in [0.3, 0.4) is 0 Å². The molecule has 0 aliphatic carbocycles. The van der Waals surface area contributed by atoms with E-state index in [4.69, 9.17) is 8.83 Å². The second kappa shape index (κ2) is 7.17. The molecular formula is C20H16N4O3. The van der Waals surface area contributed by atoms with E-state index in [0.717, 1.165) is 5.69 Å². The van der Waals surface area contributed by atoms with Crippen LogP contribution in [0.15, 0.2) is 75.8 Å². The van der Waals surface area contributed by atoms with Crippen LogP contribution in [-0.4, -0.2) is 23.2 Å². The van der Waals surface area contributed by atoms with Gasteiger partial charge < -0.3 is 19.5 Å². The highest BCUT2D eigenvalue weighted by atomic mass is 16.4. The van der Waals surface area contributed by atoms with E-state index in [0.29, 0.717) is 34.4 Å². The fraction of sp³-hybridized carbons (Fsp3) is 0.0500. The first-order chi connectivity index (χ1) is 13.2. The summed E-state index contributed by atoms with van der Waals surface area (Å²) < 4.78 is 10.9. The molecule has 134 valence electrons. The third-order valence-corrected chi connectivity index (χ3v) is 3.94. The van der Waals surface area contributed by atoms with Crippen molar-refractivity contribution in [3.05, 3.63) is 72.5 Å². The van der Waals surface area contributed by atoms with Crippen molar-refractivity contribution in [2.75, 3.05) is 17.7 Å². The van der Waals surface area contributed by atoms with Gasteiger partial charge in [0.15, 0.2) is 5.76 Å². The van der Waals surface area contributed by atoms with Crippen LogP contribution in [0.4, 0.5) is 11.4 Å². The Morgan fingerprint density at radius 1 is 0.926 bits per heavy atom. The number of benzene rings is 2. The number of nitrogens with zero attached hydrogens (tertiary/aromatic N) is 2. The molecule has 2 aromatic carbocycles. The van der Waals surface area contributed by atoms with E-state index in [-0.39, 0.29) is 5.91 Å². The van der Waals surface area contributed by atoms with Crippen LogP contribution in [0.2, 0.25) is 0 Å². The maximum atomic E-state index is 12.5. The lowest BCUT2D eigenvalue weighted by atomic mass is 10.1. The van der Waals surface area contributed by atoms with Crippen LogP contribution in [-0.2, 0) is 0 Å². The summed E-state index contributed by atoms with van der Waals surface area (Å²) in [5.41, 5.74) is 2.75. The molecule has 0 bridgehead atoms. The van der Waals surface area contributed by atoms with Gasteiger partial charge in [-0.2, -0.15) is 0 Å². The number of aromatic nitrogens is 2. The van der Waals surface area contributed by atoms with E-state index >= 15 is 0 Å². The lowest BCUT2D eigenvalue weighted by molar-refractivity contribution is 0.102.